The highest BCUT2D eigenvalue weighted by atomic mass is 32.1. The van der Waals surface area contributed by atoms with Crippen molar-refractivity contribution in [3.8, 4) is 10.6 Å². The molecule has 5 rings (SSSR count). The van der Waals surface area contributed by atoms with Gasteiger partial charge in [0.2, 0.25) is 0 Å². The van der Waals surface area contributed by atoms with E-state index in [0.717, 1.165) is 46.8 Å². The summed E-state index contributed by atoms with van der Waals surface area (Å²) in [6, 6.07) is 14.0. The van der Waals surface area contributed by atoms with Gasteiger partial charge in [-0.15, -0.1) is 11.3 Å². The number of aromatic nitrogens is 3. The summed E-state index contributed by atoms with van der Waals surface area (Å²) in [6.07, 6.45) is 1.91. The number of benzene rings is 2. The van der Waals surface area contributed by atoms with E-state index in [1.165, 1.54) is 4.70 Å². The molecule has 0 saturated carbocycles. The van der Waals surface area contributed by atoms with Crippen molar-refractivity contribution in [2.45, 2.75) is 33.2 Å². The van der Waals surface area contributed by atoms with E-state index in [0.29, 0.717) is 5.39 Å². The summed E-state index contributed by atoms with van der Waals surface area (Å²) in [6.45, 7) is 5.16. The van der Waals surface area contributed by atoms with Gasteiger partial charge in [0, 0.05) is 18.5 Å². The zero-order chi connectivity index (χ0) is 17.9. The zero-order valence-electron chi connectivity index (χ0n) is 14.8. The molecule has 0 saturated heterocycles. The fourth-order valence-electron chi connectivity index (χ4n) is 3.71. The second kappa shape index (κ2) is 5.48. The Morgan fingerprint density at radius 2 is 1.92 bits per heavy atom. The molecule has 0 unspecified atom stereocenters. The molecule has 0 radical (unpaired) electrons. The molecule has 0 aliphatic carbocycles. The van der Waals surface area contributed by atoms with Crippen molar-refractivity contribution in [2.24, 2.45) is 5.41 Å². The van der Waals surface area contributed by atoms with Gasteiger partial charge >= 0.3 is 0 Å². The van der Waals surface area contributed by atoms with Crippen LogP contribution in [0.15, 0.2) is 47.3 Å². The van der Waals surface area contributed by atoms with E-state index in [1.54, 1.807) is 11.3 Å². The van der Waals surface area contributed by atoms with Gasteiger partial charge in [-0.3, -0.25) is 9.36 Å². The van der Waals surface area contributed by atoms with Gasteiger partial charge in [0.05, 0.1) is 21.1 Å². The van der Waals surface area contributed by atoms with Gasteiger partial charge in [-0.1, -0.05) is 32.0 Å². The molecule has 5 heteroatoms. The molecular weight excluding hydrogens is 342 g/mol. The van der Waals surface area contributed by atoms with Gasteiger partial charge in [0.1, 0.15) is 10.8 Å². The lowest BCUT2D eigenvalue weighted by molar-refractivity contribution is 0.240. The maximum absolute atomic E-state index is 13.0. The summed E-state index contributed by atoms with van der Waals surface area (Å²) >= 11 is 1.67. The maximum atomic E-state index is 13.0. The van der Waals surface area contributed by atoms with Gasteiger partial charge in [-0.2, -0.15) is 0 Å². The number of rotatable bonds is 1. The summed E-state index contributed by atoms with van der Waals surface area (Å²) in [5.41, 5.74) is 3.03. The normalized spacial score (nSPS) is 16.1. The minimum Gasteiger partial charge on any atom is -0.296 e. The fraction of sp³-hybridized carbons (Fsp3) is 0.286. The van der Waals surface area contributed by atoms with Crippen LogP contribution in [0.1, 0.15) is 26.1 Å². The Morgan fingerprint density at radius 1 is 1.08 bits per heavy atom. The number of aryl methyl sites for hydroxylation is 1. The van der Waals surface area contributed by atoms with Crippen molar-refractivity contribution < 1.29 is 0 Å². The van der Waals surface area contributed by atoms with Crippen LogP contribution in [-0.4, -0.2) is 14.5 Å². The average molecular weight is 361 g/mol. The van der Waals surface area contributed by atoms with Gasteiger partial charge in [-0.25, -0.2) is 9.97 Å². The zero-order valence-corrected chi connectivity index (χ0v) is 15.6. The smallest absolute Gasteiger partial charge is 0.261 e. The first kappa shape index (κ1) is 15.7. The molecule has 0 amide bonds. The molecule has 3 heterocycles. The molecule has 130 valence electrons. The first-order valence-corrected chi connectivity index (χ1v) is 9.71. The average Bonchev–Trinajstić information content (AvgIpc) is 3.06. The molecule has 0 atom stereocenters. The van der Waals surface area contributed by atoms with Crippen LogP contribution >= 0.6 is 11.3 Å². The first-order valence-electron chi connectivity index (χ1n) is 8.90. The van der Waals surface area contributed by atoms with E-state index in [4.69, 9.17) is 9.97 Å². The SMILES string of the molecule is CC1(C)CCc2nc3cc(-c4nc5ccccc5s4)ccc3c(=O)n2C1. The van der Waals surface area contributed by atoms with Crippen LogP contribution in [0.5, 0.6) is 0 Å². The number of hydrogen-bond donors (Lipinski definition) is 0. The Labute approximate surface area is 155 Å². The molecule has 0 N–H and O–H groups in total. The molecule has 26 heavy (non-hydrogen) atoms. The van der Waals surface area contributed by atoms with Crippen molar-refractivity contribution in [2.75, 3.05) is 0 Å². The van der Waals surface area contributed by atoms with Crippen molar-refractivity contribution in [3.05, 3.63) is 58.6 Å². The predicted molar refractivity (Wildman–Crippen MR) is 107 cm³/mol. The van der Waals surface area contributed by atoms with E-state index in [-0.39, 0.29) is 11.0 Å². The highest BCUT2D eigenvalue weighted by Gasteiger charge is 2.27. The summed E-state index contributed by atoms with van der Waals surface area (Å²) in [5.74, 6) is 0.906. The summed E-state index contributed by atoms with van der Waals surface area (Å²) < 4.78 is 3.03. The second-order valence-electron chi connectivity index (χ2n) is 7.80. The van der Waals surface area contributed by atoms with Gasteiger partial charge in [-0.05, 0) is 36.1 Å². The topological polar surface area (TPSA) is 47.8 Å². The number of fused-ring (bicyclic) bond motifs is 3. The highest BCUT2D eigenvalue weighted by Crippen LogP contribution is 2.32. The third kappa shape index (κ3) is 2.46. The molecule has 2 aromatic heterocycles. The van der Waals surface area contributed by atoms with Crippen LogP contribution in [0, 0.1) is 5.41 Å². The standard InChI is InChI=1S/C21H19N3OS/c1-21(2)10-9-18-22-16-11-13(7-8-14(16)20(25)24(18)12-21)19-23-15-5-3-4-6-17(15)26-19/h3-8,11H,9-10,12H2,1-2H3. The molecule has 1 aliphatic rings. The van der Waals surface area contributed by atoms with E-state index in [2.05, 4.69) is 19.9 Å². The van der Waals surface area contributed by atoms with E-state index >= 15 is 0 Å². The van der Waals surface area contributed by atoms with Crippen LogP contribution in [0.25, 0.3) is 31.7 Å². The number of thiazole rings is 1. The summed E-state index contributed by atoms with van der Waals surface area (Å²) in [7, 11) is 0. The van der Waals surface area contributed by atoms with Gasteiger partial charge in [0.15, 0.2) is 0 Å². The van der Waals surface area contributed by atoms with E-state index in [1.807, 2.05) is 41.0 Å². The Bertz CT molecular complexity index is 1190. The first-order chi connectivity index (χ1) is 12.5. The van der Waals surface area contributed by atoms with Gasteiger partial charge < -0.3 is 0 Å². The summed E-state index contributed by atoms with van der Waals surface area (Å²) in [5, 5.41) is 1.66. The quantitative estimate of drug-likeness (QED) is 0.496. The van der Waals surface area contributed by atoms with Crippen LogP contribution in [0.4, 0.5) is 0 Å². The second-order valence-corrected chi connectivity index (χ2v) is 8.83. The van der Waals surface area contributed by atoms with Crippen LogP contribution in [0.3, 0.4) is 0 Å². The van der Waals surface area contributed by atoms with E-state index < -0.39 is 0 Å². The lowest BCUT2D eigenvalue weighted by Crippen LogP contribution is -2.36. The monoisotopic (exact) mass is 361 g/mol. The largest absolute Gasteiger partial charge is 0.296 e. The number of hydrogen-bond acceptors (Lipinski definition) is 4. The molecule has 4 aromatic rings. The Kier molecular flexibility index (Phi) is 3.31. The van der Waals surface area contributed by atoms with Gasteiger partial charge in [0.25, 0.3) is 5.56 Å². The molecule has 1 aliphatic heterocycles. The maximum Gasteiger partial charge on any atom is 0.261 e. The van der Waals surface area contributed by atoms with Crippen molar-refractivity contribution in [1.82, 2.24) is 14.5 Å². The lowest BCUT2D eigenvalue weighted by Gasteiger charge is -2.31. The van der Waals surface area contributed by atoms with Crippen LogP contribution in [-0.2, 0) is 13.0 Å². The molecule has 2 aromatic carbocycles. The predicted octanol–water partition coefficient (Wildman–Crippen LogP) is 4.65. The minimum absolute atomic E-state index is 0.0774. The molecule has 0 spiro atoms. The molecular formula is C21H19N3OS. The third-order valence-electron chi connectivity index (χ3n) is 5.19. The van der Waals surface area contributed by atoms with E-state index in [9.17, 15) is 4.79 Å². The van der Waals surface area contributed by atoms with Crippen molar-refractivity contribution >= 4 is 32.5 Å². The minimum atomic E-state index is 0.0774. The lowest BCUT2D eigenvalue weighted by atomic mass is 9.85. The summed E-state index contributed by atoms with van der Waals surface area (Å²) in [4.78, 5) is 22.5. The number of nitrogens with zero attached hydrogens (tertiary/aromatic N) is 3. The van der Waals surface area contributed by atoms with Crippen molar-refractivity contribution in [3.63, 3.8) is 0 Å². The number of para-hydroxylation sites is 1. The molecule has 4 nitrogen and oxygen atoms in total. The Balaban J connectivity index is 1.67. The fourth-order valence-corrected chi connectivity index (χ4v) is 4.67. The van der Waals surface area contributed by atoms with Crippen LogP contribution in [0.2, 0.25) is 0 Å². The Hall–Kier alpha value is -2.53. The van der Waals surface area contributed by atoms with Crippen molar-refractivity contribution in [1.29, 1.82) is 0 Å². The molecule has 0 bridgehead atoms. The Morgan fingerprint density at radius 3 is 2.77 bits per heavy atom. The molecule has 0 fully saturated rings. The highest BCUT2D eigenvalue weighted by molar-refractivity contribution is 7.21. The van der Waals surface area contributed by atoms with Crippen LogP contribution < -0.4 is 5.56 Å². The third-order valence-corrected chi connectivity index (χ3v) is 6.27.